The summed E-state index contributed by atoms with van der Waals surface area (Å²) in [5, 5.41) is 0. The Labute approximate surface area is 56.7 Å². The highest BCUT2D eigenvalue weighted by molar-refractivity contribution is 4.92. The number of nitrogens with one attached hydrogen (secondary N) is 2. The lowest BCUT2D eigenvalue weighted by Crippen LogP contribution is -2.23. The molecule has 0 aliphatic carbocycles. The fourth-order valence-electron chi connectivity index (χ4n) is 0.306. The Hall–Kier alpha value is -0.700. The molecule has 0 saturated heterocycles. The molecule has 0 aromatic rings. The van der Waals surface area contributed by atoms with Gasteiger partial charge in [0.15, 0.2) is 0 Å². The molecule has 0 heterocycles. The van der Waals surface area contributed by atoms with Gasteiger partial charge in [0.05, 0.1) is 0 Å². The number of hydrogen-bond donors (Lipinski definition) is 2. The number of rotatable bonds is 3. The van der Waals surface area contributed by atoms with Crippen LogP contribution < -0.4 is 10.9 Å². The Morgan fingerprint density at radius 1 is 1.44 bits per heavy atom. The predicted molar refractivity (Wildman–Crippen MR) is 39.6 cm³/mol. The summed E-state index contributed by atoms with van der Waals surface area (Å²) in [6.45, 7) is 2.03. The van der Waals surface area contributed by atoms with E-state index in [9.17, 15) is 0 Å². The molecule has 0 amide bonds. The second kappa shape index (κ2) is 4.21. The topological polar surface area (TPSA) is 27.3 Å². The molecule has 0 saturated carbocycles. The Morgan fingerprint density at radius 3 is 2.33 bits per heavy atom. The van der Waals surface area contributed by atoms with Gasteiger partial charge in [0, 0.05) is 33.0 Å². The number of allylic oxidation sites excluding steroid dienone is 1. The normalized spacial score (nSPS) is 11.3. The molecule has 2 N–H and O–H groups in total. The highest BCUT2D eigenvalue weighted by Gasteiger charge is 1.86. The lowest BCUT2D eigenvalue weighted by atomic mass is 10.5. The number of hydrogen-bond acceptors (Lipinski definition) is 3. The van der Waals surface area contributed by atoms with Crippen LogP contribution in [0.1, 0.15) is 6.92 Å². The molecule has 0 rings (SSSR count). The van der Waals surface area contributed by atoms with Gasteiger partial charge in [0.1, 0.15) is 0 Å². The van der Waals surface area contributed by atoms with Crippen LogP contribution in [0.25, 0.3) is 0 Å². The maximum absolute atomic E-state index is 2.88. The van der Waals surface area contributed by atoms with Gasteiger partial charge in [-0.15, -0.1) is 0 Å². The summed E-state index contributed by atoms with van der Waals surface area (Å²) in [6, 6.07) is 0. The summed E-state index contributed by atoms with van der Waals surface area (Å²) in [4.78, 5) is 2.03. The van der Waals surface area contributed by atoms with Gasteiger partial charge in [-0.2, -0.15) is 0 Å². The number of nitrogens with zero attached hydrogens (tertiary/aromatic N) is 1. The minimum atomic E-state index is 1.18. The SMILES string of the molecule is CNN/C=C(/C)N(C)C. The third-order valence-electron chi connectivity index (χ3n) is 1.13. The van der Waals surface area contributed by atoms with Crippen LogP contribution >= 0.6 is 0 Å². The monoisotopic (exact) mass is 129 g/mol. The highest BCUT2D eigenvalue weighted by Crippen LogP contribution is 1.91. The van der Waals surface area contributed by atoms with Crippen LogP contribution in [0.4, 0.5) is 0 Å². The van der Waals surface area contributed by atoms with E-state index < -0.39 is 0 Å². The molecule has 0 aromatic heterocycles. The zero-order chi connectivity index (χ0) is 7.28. The van der Waals surface area contributed by atoms with Crippen molar-refractivity contribution in [3.8, 4) is 0 Å². The van der Waals surface area contributed by atoms with Crippen molar-refractivity contribution in [3.05, 3.63) is 11.9 Å². The molecule has 3 heteroatoms. The maximum atomic E-state index is 2.88. The van der Waals surface area contributed by atoms with Gasteiger partial charge in [-0.05, 0) is 6.92 Å². The molecule has 0 aliphatic rings. The zero-order valence-electron chi connectivity index (χ0n) is 6.52. The van der Waals surface area contributed by atoms with Gasteiger partial charge < -0.3 is 10.3 Å². The second-order valence-electron chi connectivity index (χ2n) is 2.07. The Morgan fingerprint density at radius 2 is 2.00 bits per heavy atom. The molecule has 9 heavy (non-hydrogen) atoms. The molecule has 3 nitrogen and oxygen atoms in total. The third kappa shape index (κ3) is 3.85. The summed E-state index contributed by atoms with van der Waals surface area (Å²) in [5.74, 6) is 0. The van der Waals surface area contributed by atoms with Crippen molar-refractivity contribution in [1.82, 2.24) is 15.8 Å². The molecule has 0 unspecified atom stereocenters. The number of hydrazine groups is 1. The van der Waals surface area contributed by atoms with Crippen molar-refractivity contribution in [3.63, 3.8) is 0 Å². The molecule has 0 radical (unpaired) electrons. The molecule has 0 aromatic carbocycles. The van der Waals surface area contributed by atoms with E-state index in [0.717, 1.165) is 0 Å². The van der Waals surface area contributed by atoms with E-state index in [0.29, 0.717) is 0 Å². The van der Waals surface area contributed by atoms with Gasteiger partial charge in [0.2, 0.25) is 0 Å². The van der Waals surface area contributed by atoms with Crippen molar-refractivity contribution >= 4 is 0 Å². The summed E-state index contributed by atoms with van der Waals surface area (Å²) >= 11 is 0. The summed E-state index contributed by atoms with van der Waals surface area (Å²) in [6.07, 6.45) is 1.90. The first-order chi connectivity index (χ1) is 4.18. The van der Waals surface area contributed by atoms with Gasteiger partial charge in [-0.25, -0.2) is 5.43 Å². The summed E-state index contributed by atoms with van der Waals surface area (Å²) in [7, 11) is 5.84. The minimum absolute atomic E-state index is 1.18. The lowest BCUT2D eigenvalue weighted by molar-refractivity contribution is 0.504. The molecule has 0 fully saturated rings. The van der Waals surface area contributed by atoms with Gasteiger partial charge in [-0.3, -0.25) is 0 Å². The van der Waals surface area contributed by atoms with E-state index in [1.165, 1.54) is 5.70 Å². The highest BCUT2D eigenvalue weighted by atomic mass is 15.3. The quantitative estimate of drug-likeness (QED) is 0.530. The van der Waals surface area contributed by atoms with E-state index in [1.54, 1.807) is 0 Å². The molecular formula is C6H15N3. The van der Waals surface area contributed by atoms with E-state index in [-0.39, 0.29) is 0 Å². The van der Waals surface area contributed by atoms with Crippen LogP contribution in [-0.4, -0.2) is 26.0 Å². The molecule has 0 atom stereocenters. The van der Waals surface area contributed by atoms with Gasteiger partial charge in [-0.1, -0.05) is 0 Å². The molecule has 0 aliphatic heterocycles. The fraction of sp³-hybridized carbons (Fsp3) is 0.667. The molecule has 0 spiro atoms. The van der Waals surface area contributed by atoms with E-state index in [2.05, 4.69) is 10.9 Å². The fourth-order valence-corrected chi connectivity index (χ4v) is 0.306. The van der Waals surface area contributed by atoms with Crippen molar-refractivity contribution in [2.24, 2.45) is 0 Å². The largest absolute Gasteiger partial charge is 0.380 e. The molecule has 0 bridgehead atoms. The smallest absolute Gasteiger partial charge is 0.0314 e. The first-order valence-electron chi connectivity index (χ1n) is 2.95. The Balaban J connectivity index is 3.55. The minimum Gasteiger partial charge on any atom is -0.380 e. The Kier molecular flexibility index (Phi) is 3.88. The molecular weight excluding hydrogens is 114 g/mol. The van der Waals surface area contributed by atoms with Crippen LogP contribution in [0.3, 0.4) is 0 Å². The van der Waals surface area contributed by atoms with Crippen LogP contribution in [0.2, 0.25) is 0 Å². The van der Waals surface area contributed by atoms with Crippen LogP contribution in [0.5, 0.6) is 0 Å². The standard InChI is InChI=1S/C6H15N3/c1-6(9(3)4)5-8-7-2/h5,7-8H,1-4H3/b6-5-. The predicted octanol–water partition coefficient (Wildman–Crippen LogP) is 0.133. The molecule has 54 valence electrons. The Bertz CT molecular complexity index is 96.5. The average Bonchev–Trinajstić information content (AvgIpc) is 1.82. The van der Waals surface area contributed by atoms with Crippen molar-refractivity contribution < 1.29 is 0 Å². The van der Waals surface area contributed by atoms with Crippen molar-refractivity contribution in [2.45, 2.75) is 6.92 Å². The van der Waals surface area contributed by atoms with E-state index in [1.807, 2.05) is 39.2 Å². The first kappa shape index (κ1) is 8.30. The van der Waals surface area contributed by atoms with Crippen molar-refractivity contribution in [1.29, 1.82) is 0 Å². The summed E-state index contributed by atoms with van der Waals surface area (Å²) < 4.78 is 0. The van der Waals surface area contributed by atoms with Crippen molar-refractivity contribution in [2.75, 3.05) is 21.1 Å². The van der Waals surface area contributed by atoms with E-state index in [4.69, 9.17) is 0 Å². The maximum Gasteiger partial charge on any atom is 0.0314 e. The second-order valence-corrected chi connectivity index (χ2v) is 2.07. The van der Waals surface area contributed by atoms with E-state index >= 15 is 0 Å². The zero-order valence-corrected chi connectivity index (χ0v) is 6.52. The first-order valence-corrected chi connectivity index (χ1v) is 2.95. The van der Waals surface area contributed by atoms with Gasteiger partial charge in [0.25, 0.3) is 0 Å². The lowest BCUT2D eigenvalue weighted by Gasteiger charge is -2.12. The van der Waals surface area contributed by atoms with Crippen LogP contribution in [0, 0.1) is 0 Å². The average molecular weight is 129 g/mol. The van der Waals surface area contributed by atoms with Gasteiger partial charge >= 0.3 is 0 Å². The third-order valence-corrected chi connectivity index (χ3v) is 1.13. The van der Waals surface area contributed by atoms with Crippen LogP contribution in [0.15, 0.2) is 11.9 Å². The summed E-state index contributed by atoms with van der Waals surface area (Å²) in [5.41, 5.74) is 6.86. The van der Waals surface area contributed by atoms with Crippen LogP contribution in [-0.2, 0) is 0 Å².